The Balaban J connectivity index is 2.82. The van der Waals surface area contributed by atoms with Crippen molar-refractivity contribution < 1.29 is 15.0 Å². The molecular formula is C10H12ClNO3. The molecule has 3 N–H and O–H groups in total. The number of nitrogens with one attached hydrogen (secondary N) is 1. The molecule has 1 unspecified atom stereocenters. The highest BCUT2D eigenvalue weighted by Crippen LogP contribution is 2.20. The maximum absolute atomic E-state index is 11.5. The summed E-state index contributed by atoms with van der Waals surface area (Å²) in [5.41, 5.74) is 0.199. The van der Waals surface area contributed by atoms with Crippen molar-refractivity contribution in [2.45, 2.75) is 13.0 Å². The molecule has 82 valence electrons. The predicted octanol–water partition coefficient (Wildman–Crippen LogP) is 1.45. The monoisotopic (exact) mass is 229 g/mol. The molecule has 0 bridgehead atoms. The van der Waals surface area contributed by atoms with E-state index in [1.165, 1.54) is 12.1 Å². The van der Waals surface area contributed by atoms with Crippen molar-refractivity contribution in [1.82, 2.24) is 5.32 Å². The molecule has 0 saturated carbocycles. The zero-order valence-corrected chi connectivity index (χ0v) is 8.95. The summed E-state index contributed by atoms with van der Waals surface area (Å²) in [6, 6.07) is 3.54. The van der Waals surface area contributed by atoms with Crippen LogP contribution in [0.15, 0.2) is 18.2 Å². The van der Waals surface area contributed by atoms with E-state index < -0.39 is 0 Å². The standard InChI is InChI=1S/C10H12ClNO3/c1-6(5-11)12-10(15)7-2-8(13)4-9(14)3-7/h2-4,6,13-14H,5H2,1H3,(H,12,15). The van der Waals surface area contributed by atoms with E-state index in [1.807, 2.05) is 0 Å². The smallest absolute Gasteiger partial charge is 0.251 e. The highest BCUT2D eigenvalue weighted by molar-refractivity contribution is 6.18. The number of hydrogen-bond acceptors (Lipinski definition) is 3. The van der Waals surface area contributed by atoms with Crippen molar-refractivity contribution in [2.75, 3.05) is 5.88 Å². The molecule has 0 aromatic heterocycles. The van der Waals surface area contributed by atoms with Crippen molar-refractivity contribution in [3.63, 3.8) is 0 Å². The average Bonchev–Trinajstić information content (AvgIpc) is 2.16. The van der Waals surface area contributed by atoms with Gasteiger partial charge in [-0.05, 0) is 19.1 Å². The van der Waals surface area contributed by atoms with E-state index in [0.29, 0.717) is 5.88 Å². The molecule has 1 aromatic carbocycles. The largest absolute Gasteiger partial charge is 0.508 e. The molecule has 0 aliphatic heterocycles. The molecule has 0 radical (unpaired) electrons. The van der Waals surface area contributed by atoms with Crippen molar-refractivity contribution in [3.8, 4) is 11.5 Å². The Morgan fingerprint density at radius 2 is 1.93 bits per heavy atom. The third-order valence-electron chi connectivity index (χ3n) is 1.77. The number of aromatic hydroxyl groups is 2. The molecule has 1 aromatic rings. The van der Waals surface area contributed by atoms with Gasteiger partial charge in [0.25, 0.3) is 5.91 Å². The first-order valence-electron chi connectivity index (χ1n) is 4.42. The Morgan fingerprint density at radius 1 is 1.40 bits per heavy atom. The van der Waals surface area contributed by atoms with Gasteiger partial charge < -0.3 is 15.5 Å². The lowest BCUT2D eigenvalue weighted by Crippen LogP contribution is -2.33. The van der Waals surface area contributed by atoms with Crippen LogP contribution >= 0.6 is 11.6 Å². The van der Waals surface area contributed by atoms with Crippen LogP contribution in [0.5, 0.6) is 11.5 Å². The molecule has 0 aliphatic carbocycles. The fourth-order valence-electron chi connectivity index (χ4n) is 1.07. The molecule has 1 rings (SSSR count). The summed E-state index contributed by atoms with van der Waals surface area (Å²) < 4.78 is 0. The second-order valence-electron chi connectivity index (χ2n) is 3.27. The van der Waals surface area contributed by atoms with Crippen LogP contribution < -0.4 is 5.32 Å². The zero-order chi connectivity index (χ0) is 11.4. The number of alkyl halides is 1. The number of halogens is 1. The Hall–Kier alpha value is -1.42. The number of phenols is 2. The fraction of sp³-hybridized carbons (Fsp3) is 0.300. The lowest BCUT2D eigenvalue weighted by atomic mass is 10.2. The second kappa shape index (κ2) is 4.89. The first-order valence-corrected chi connectivity index (χ1v) is 4.96. The van der Waals surface area contributed by atoms with Gasteiger partial charge in [-0.2, -0.15) is 0 Å². The van der Waals surface area contributed by atoms with Crippen LogP contribution in [0.1, 0.15) is 17.3 Å². The molecule has 1 amide bonds. The highest BCUT2D eigenvalue weighted by Gasteiger charge is 2.10. The van der Waals surface area contributed by atoms with E-state index in [4.69, 9.17) is 21.8 Å². The summed E-state index contributed by atoms with van der Waals surface area (Å²) in [7, 11) is 0. The molecule has 15 heavy (non-hydrogen) atoms. The first-order chi connectivity index (χ1) is 7.02. The number of rotatable bonds is 3. The summed E-state index contributed by atoms with van der Waals surface area (Å²) in [6.45, 7) is 1.76. The number of phenolic OH excluding ortho intramolecular Hbond substituents is 2. The molecule has 4 nitrogen and oxygen atoms in total. The van der Waals surface area contributed by atoms with Gasteiger partial charge in [0.2, 0.25) is 0 Å². The van der Waals surface area contributed by atoms with E-state index >= 15 is 0 Å². The number of carbonyl (C=O) groups is 1. The Morgan fingerprint density at radius 3 is 2.40 bits per heavy atom. The molecular weight excluding hydrogens is 218 g/mol. The zero-order valence-electron chi connectivity index (χ0n) is 8.20. The molecule has 1 atom stereocenters. The molecule has 0 aliphatic rings. The van der Waals surface area contributed by atoms with E-state index in [2.05, 4.69) is 5.32 Å². The first kappa shape index (κ1) is 11.7. The quantitative estimate of drug-likeness (QED) is 0.688. The second-order valence-corrected chi connectivity index (χ2v) is 3.58. The van der Waals surface area contributed by atoms with Crippen LogP contribution in [0.2, 0.25) is 0 Å². The summed E-state index contributed by atoms with van der Waals surface area (Å²) in [5.74, 6) is -0.386. The minimum absolute atomic E-state index is 0.154. The summed E-state index contributed by atoms with van der Waals surface area (Å²) in [5, 5.41) is 20.9. The third-order valence-corrected chi connectivity index (χ3v) is 2.24. The molecule has 0 spiro atoms. The van der Waals surface area contributed by atoms with Gasteiger partial charge in [-0.25, -0.2) is 0 Å². The molecule has 5 heteroatoms. The van der Waals surface area contributed by atoms with Gasteiger partial charge in [-0.1, -0.05) is 0 Å². The average molecular weight is 230 g/mol. The number of carbonyl (C=O) groups excluding carboxylic acids is 1. The predicted molar refractivity (Wildman–Crippen MR) is 57.4 cm³/mol. The van der Waals surface area contributed by atoms with Crippen molar-refractivity contribution in [1.29, 1.82) is 0 Å². The molecule has 0 fully saturated rings. The minimum Gasteiger partial charge on any atom is -0.508 e. The molecule has 0 heterocycles. The number of hydrogen-bond donors (Lipinski definition) is 3. The third kappa shape index (κ3) is 3.32. The van der Waals surface area contributed by atoms with Gasteiger partial charge in [-0.15, -0.1) is 11.6 Å². The maximum Gasteiger partial charge on any atom is 0.251 e. The Labute approximate surface area is 92.5 Å². The Kier molecular flexibility index (Phi) is 3.80. The van der Waals surface area contributed by atoms with Crippen LogP contribution in [0, 0.1) is 0 Å². The van der Waals surface area contributed by atoms with Gasteiger partial charge in [0.05, 0.1) is 0 Å². The molecule has 0 saturated heterocycles. The van der Waals surface area contributed by atoms with Crippen LogP contribution in [0.4, 0.5) is 0 Å². The van der Waals surface area contributed by atoms with Gasteiger partial charge in [0.15, 0.2) is 0 Å². The summed E-state index contributed by atoms with van der Waals surface area (Å²) >= 11 is 5.53. The SMILES string of the molecule is CC(CCl)NC(=O)c1cc(O)cc(O)c1. The van der Waals surface area contributed by atoms with Crippen molar-refractivity contribution in [3.05, 3.63) is 23.8 Å². The summed E-state index contributed by atoms with van der Waals surface area (Å²) in [4.78, 5) is 11.5. The van der Waals surface area contributed by atoms with E-state index in [1.54, 1.807) is 6.92 Å². The van der Waals surface area contributed by atoms with Crippen molar-refractivity contribution >= 4 is 17.5 Å². The normalized spacial score (nSPS) is 12.1. The van der Waals surface area contributed by atoms with Gasteiger partial charge >= 0.3 is 0 Å². The number of amides is 1. The van der Waals surface area contributed by atoms with Gasteiger partial charge in [0, 0.05) is 23.6 Å². The fourth-order valence-corrected chi connectivity index (χ4v) is 1.15. The lowest BCUT2D eigenvalue weighted by molar-refractivity contribution is 0.0942. The Bertz CT molecular complexity index is 347. The van der Waals surface area contributed by atoms with Crippen LogP contribution in [-0.2, 0) is 0 Å². The van der Waals surface area contributed by atoms with Crippen molar-refractivity contribution in [2.24, 2.45) is 0 Å². The minimum atomic E-state index is -0.380. The van der Waals surface area contributed by atoms with Gasteiger partial charge in [-0.3, -0.25) is 4.79 Å². The highest BCUT2D eigenvalue weighted by atomic mass is 35.5. The van der Waals surface area contributed by atoms with Crippen LogP contribution in [0.25, 0.3) is 0 Å². The maximum atomic E-state index is 11.5. The van der Waals surface area contributed by atoms with E-state index in [0.717, 1.165) is 6.07 Å². The summed E-state index contributed by atoms with van der Waals surface area (Å²) in [6.07, 6.45) is 0. The van der Waals surface area contributed by atoms with Crippen LogP contribution in [0.3, 0.4) is 0 Å². The topological polar surface area (TPSA) is 69.6 Å². The lowest BCUT2D eigenvalue weighted by Gasteiger charge is -2.10. The van der Waals surface area contributed by atoms with Gasteiger partial charge in [0.1, 0.15) is 11.5 Å². The van der Waals surface area contributed by atoms with Crippen LogP contribution in [-0.4, -0.2) is 28.0 Å². The number of benzene rings is 1. The van der Waals surface area contributed by atoms with E-state index in [-0.39, 0.29) is 29.0 Å². The van der Waals surface area contributed by atoms with E-state index in [9.17, 15) is 4.79 Å².